The predicted octanol–water partition coefficient (Wildman–Crippen LogP) is 4.41. The zero-order valence-electron chi connectivity index (χ0n) is 12.2. The van der Waals surface area contributed by atoms with Crippen LogP contribution in [0.15, 0.2) is 53.0 Å². The smallest absolute Gasteiger partial charge is 0.200 e. The molecule has 0 aromatic heterocycles. The number of rotatable bonds is 2. The first kappa shape index (κ1) is 15.0. The number of carbonyl (C=O) groups is 1. The standard InChI is InChI=1S/C18H11ClN2O2/c1-10-6-7-11(8-14(10)19)21-15(9-20)16-17(22)12-4-2-3-5-13(12)18(16)23/h2-8,22H,1H3. The average Bonchev–Trinajstić information content (AvgIpc) is 2.81. The van der Waals surface area contributed by atoms with Crippen LogP contribution in [0.25, 0.3) is 5.76 Å². The molecule has 0 bridgehead atoms. The second-order valence-electron chi connectivity index (χ2n) is 5.10. The van der Waals surface area contributed by atoms with E-state index in [4.69, 9.17) is 11.6 Å². The van der Waals surface area contributed by atoms with Crippen LogP contribution in [0.2, 0.25) is 5.02 Å². The first-order chi connectivity index (χ1) is 11.0. The summed E-state index contributed by atoms with van der Waals surface area (Å²) >= 11 is 6.05. The molecule has 0 saturated heterocycles. The second kappa shape index (κ2) is 5.71. The Kier molecular flexibility index (Phi) is 3.73. The number of aryl methyl sites for hydroxylation is 1. The Bertz CT molecular complexity index is 936. The number of benzene rings is 2. The van der Waals surface area contributed by atoms with Gasteiger partial charge >= 0.3 is 0 Å². The van der Waals surface area contributed by atoms with E-state index < -0.39 is 5.78 Å². The van der Waals surface area contributed by atoms with E-state index in [0.717, 1.165) is 5.56 Å². The molecule has 0 saturated carbocycles. The summed E-state index contributed by atoms with van der Waals surface area (Å²) in [5.74, 6) is -0.624. The molecular formula is C18H11ClN2O2. The van der Waals surface area contributed by atoms with E-state index >= 15 is 0 Å². The molecule has 112 valence electrons. The Morgan fingerprint density at radius 2 is 1.91 bits per heavy atom. The molecule has 1 N–H and O–H groups in total. The zero-order chi connectivity index (χ0) is 16.6. The molecule has 4 nitrogen and oxygen atoms in total. The summed E-state index contributed by atoms with van der Waals surface area (Å²) in [5.41, 5.74) is 1.90. The zero-order valence-corrected chi connectivity index (χ0v) is 12.9. The van der Waals surface area contributed by atoms with E-state index in [1.54, 1.807) is 42.5 Å². The van der Waals surface area contributed by atoms with Crippen molar-refractivity contribution < 1.29 is 9.90 Å². The molecule has 1 aliphatic carbocycles. The molecule has 0 fully saturated rings. The molecule has 0 radical (unpaired) electrons. The third kappa shape index (κ3) is 2.52. The number of nitrogens with zero attached hydrogens (tertiary/aromatic N) is 2. The van der Waals surface area contributed by atoms with E-state index in [-0.39, 0.29) is 17.0 Å². The third-order valence-electron chi connectivity index (χ3n) is 3.63. The van der Waals surface area contributed by atoms with Gasteiger partial charge in [-0.05, 0) is 24.6 Å². The quantitative estimate of drug-likeness (QED) is 0.832. The highest BCUT2D eigenvalue weighted by Crippen LogP contribution is 2.32. The SMILES string of the molecule is Cc1ccc(N=C(C#N)C2=C(O)c3ccccc3C2=O)cc1Cl. The summed E-state index contributed by atoms with van der Waals surface area (Å²) < 4.78 is 0. The third-order valence-corrected chi connectivity index (χ3v) is 4.04. The number of hydrogen-bond donors (Lipinski definition) is 1. The number of nitriles is 1. The van der Waals surface area contributed by atoms with Crippen LogP contribution in [0, 0.1) is 18.3 Å². The van der Waals surface area contributed by atoms with Crippen LogP contribution in [0.3, 0.4) is 0 Å². The minimum atomic E-state index is -0.406. The average molecular weight is 323 g/mol. The van der Waals surface area contributed by atoms with Crippen LogP contribution in [-0.2, 0) is 0 Å². The number of allylic oxidation sites excluding steroid dienone is 1. The lowest BCUT2D eigenvalue weighted by Gasteiger charge is -2.02. The van der Waals surface area contributed by atoms with Gasteiger partial charge in [0.05, 0.1) is 5.69 Å². The molecule has 23 heavy (non-hydrogen) atoms. The highest BCUT2D eigenvalue weighted by molar-refractivity contribution is 6.39. The summed E-state index contributed by atoms with van der Waals surface area (Å²) in [4.78, 5) is 16.6. The highest BCUT2D eigenvalue weighted by Gasteiger charge is 2.32. The van der Waals surface area contributed by atoms with Gasteiger partial charge in [0.25, 0.3) is 0 Å². The molecule has 0 atom stereocenters. The Morgan fingerprint density at radius 1 is 1.22 bits per heavy atom. The molecule has 0 heterocycles. The number of aliphatic imine (C=N–C) groups is 1. The minimum absolute atomic E-state index is 0.0783. The Balaban J connectivity index is 2.11. The molecule has 2 aromatic rings. The molecule has 2 aromatic carbocycles. The van der Waals surface area contributed by atoms with Crippen molar-refractivity contribution in [3.63, 3.8) is 0 Å². The Hall–Kier alpha value is -2.90. The van der Waals surface area contributed by atoms with E-state index in [1.807, 2.05) is 13.0 Å². The van der Waals surface area contributed by atoms with Gasteiger partial charge in [-0.25, -0.2) is 4.99 Å². The molecule has 0 amide bonds. The summed E-state index contributed by atoms with van der Waals surface area (Å²) in [6.07, 6.45) is 0. The first-order valence-electron chi connectivity index (χ1n) is 6.85. The van der Waals surface area contributed by atoms with Crippen molar-refractivity contribution in [2.24, 2.45) is 4.99 Å². The van der Waals surface area contributed by atoms with Gasteiger partial charge < -0.3 is 5.11 Å². The van der Waals surface area contributed by atoms with E-state index in [2.05, 4.69) is 4.99 Å². The second-order valence-corrected chi connectivity index (χ2v) is 5.51. The number of aliphatic hydroxyl groups excluding tert-OH is 1. The number of aliphatic hydroxyl groups is 1. The first-order valence-corrected chi connectivity index (χ1v) is 7.23. The number of hydrogen-bond acceptors (Lipinski definition) is 4. The van der Waals surface area contributed by atoms with Crippen molar-refractivity contribution in [2.45, 2.75) is 6.92 Å². The van der Waals surface area contributed by atoms with Crippen LogP contribution < -0.4 is 0 Å². The van der Waals surface area contributed by atoms with Gasteiger partial charge in [0.2, 0.25) is 0 Å². The van der Waals surface area contributed by atoms with Crippen LogP contribution in [0.5, 0.6) is 0 Å². The number of carbonyl (C=O) groups excluding carboxylic acids is 1. The topological polar surface area (TPSA) is 73.4 Å². The summed E-state index contributed by atoms with van der Waals surface area (Å²) in [6, 6.07) is 13.6. The van der Waals surface area contributed by atoms with Crippen molar-refractivity contribution in [1.29, 1.82) is 5.26 Å². The van der Waals surface area contributed by atoms with Gasteiger partial charge in [-0.3, -0.25) is 4.79 Å². The lowest BCUT2D eigenvalue weighted by molar-refractivity contribution is 0.104. The number of fused-ring (bicyclic) bond motifs is 1. The number of Topliss-reactive ketones (excluding diaryl/α,β-unsaturated/α-hetero) is 1. The summed E-state index contributed by atoms with van der Waals surface area (Å²) in [7, 11) is 0. The van der Waals surface area contributed by atoms with Crippen LogP contribution >= 0.6 is 11.6 Å². The van der Waals surface area contributed by atoms with E-state index in [0.29, 0.717) is 21.8 Å². The maximum atomic E-state index is 12.4. The van der Waals surface area contributed by atoms with Crippen LogP contribution in [0.1, 0.15) is 21.5 Å². The largest absolute Gasteiger partial charge is 0.506 e. The fourth-order valence-corrected chi connectivity index (χ4v) is 2.58. The van der Waals surface area contributed by atoms with E-state index in [1.165, 1.54) is 0 Å². The minimum Gasteiger partial charge on any atom is -0.506 e. The molecule has 5 heteroatoms. The van der Waals surface area contributed by atoms with E-state index in [9.17, 15) is 15.2 Å². The van der Waals surface area contributed by atoms with Gasteiger partial charge in [-0.1, -0.05) is 41.9 Å². The molecule has 1 aliphatic rings. The summed E-state index contributed by atoms with van der Waals surface area (Å²) in [5, 5.41) is 20.2. The fourth-order valence-electron chi connectivity index (χ4n) is 2.40. The Labute approximate surface area is 138 Å². The maximum Gasteiger partial charge on any atom is 0.200 e. The van der Waals surface area contributed by atoms with Crippen LogP contribution in [-0.4, -0.2) is 16.6 Å². The lowest BCUT2D eigenvalue weighted by atomic mass is 10.1. The van der Waals surface area contributed by atoms with Crippen LogP contribution in [0.4, 0.5) is 5.69 Å². The molecule has 3 rings (SSSR count). The van der Waals surface area contributed by atoms with Crippen molar-refractivity contribution in [2.75, 3.05) is 0 Å². The van der Waals surface area contributed by atoms with Crippen molar-refractivity contribution >= 4 is 34.5 Å². The van der Waals surface area contributed by atoms with Gasteiger partial charge in [0.1, 0.15) is 17.4 Å². The highest BCUT2D eigenvalue weighted by atomic mass is 35.5. The normalized spacial score (nSPS) is 14.0. The van der Waals surface area contributed by atoms with Crippen molar-refractivity contribution in [1.82, 2.24) is 0 Å². The monoisotopic (exact) mass is 322 g/mol. The molecule has 0 spiro atoms. The van der Waals surface area contributed by atoms with Gasteiger partial charge in [-0.2, -0.15) is 5.26 Å². The van der Waals surface area contributed by atoms with Crippen molar-refractivity contribution in [3.8, 4) is 6.07 Å². The number of ketones is 1. The van der Waals surface area contributed by atoms with Crippen molar-refractivity contribution in [3.05, 3.63) is 69.8 Å². The lowest BCUT2D eigenvalue weighted by Crippen LogP contribution is -2.08. The molecule has 0 unspecified atom stereocenters. The summed E-state index contributed by atoms with van der Waals surface area (Å²) in [6.45, 7) is 1.85. The molecular weight excluding hydrogens is 312 g/mol. The molecule has 0 aliphatic heterocycles. The van der Waals surface area contributed by atoms with Gasteiger partial charge in [-0.15, -0.1) is 0 Å². The van der Waals surface area contributed by atoms with Gasteiger partial charge in [0.15, 0.2) is 11.5 Å². The number of halogens is 1. The Morgan fingerprint density at radius 3 is 2.52 bits per heavy atom. The predicted molar refractivity (Wildman–Crippen MR) is 89.2 cm³/mol. The fraction of sp³-hybridized carbons (Fsp3) is 0.0556. The maximum absolute atomic E-state index is 12.4. The van der Waals surface area contributed by atoms with Gasteiger partial charge in [0, 0.05) is 16.1 Å².